The Morgan fingerprint density at radius 2 is 2.42 bits per heavy atom. The number of rotatable bonds is 5. The molecule has 1 saturated heterocycles. The highest BCUT2D eigenvalue weighted by Gasteiger charge is 2.19. The van der Waals surface area contributed by atoms with Gasteiger partial charge in [0.1, 0.15) is 0 Å². The Morgan fingerprint density at radius 1 is 1.47 bits per heavy atom. The predicted octanol–water partition coefficient (Wildman–Crippen LogP) is 2.35. The molecule has 3 heterocycles. The van der Waals surface area contributed by atoms with Crippen molar-refractivity contribution in [1.29, 1.82) is 0 Å². The molecular formula is C13H15N3O2S. The lowest BCUT2D eigenvalue weighted by Gasteiger charge is -2.13. The van der Waals surface area contributed by atoms with E-state index in [-0.39, 0.29) is 5.91 Å². The standard InChI is InChI=1S/C13H15N3O2S/c17-12-6-2-8-16(12)7-1-5-11-14-13(15-18-11)10-4-3-9-19-10/h3-4,9H,1-2,5-8H2. The number of hydrogen-bond acceptors (Lipinski definition) is 5. The van der Waals surface area contributed by atoms with Gasteiger partial charge in [0, 0.05) is 25.9 Å². The van der Waals surface area contributed by atoms with Crippen LogP contribution in [0.2, 0.25) is 0 Å². The quantitative estimate of drug-likeness (QED) is 0.841. The van der Waals surface area contributed by atoms with Crippen molar-refractivity contribution in [2.45, 2.75) is 25.7 Å². The van der Waals surface area contributed by atoms with Crippen molar-refractivity contribution in [2.24, 2.45) is 0 Å². The molecule has 6 heteroatoms. The summed E-state index contributed by atoms with van der Waals surface area (Å²) in [6.45, 7) is 1.68. The normalized spacial score (nSPS) is 15.4. The monoisotopic (exact) mass is 277 g/mol. The molecule has 2 aromatic rings. The number of thiophene rings is 1. The summed E-state index contributed by atoms with van der Waals surface area (Å²) >= 11 is 1.60. The third-order valence-corrected chi connectivity index (χ3v) is 4.07. The van der Waals surface area contributed by atoms with Gasteiger partial charge >= 0.3 is 0 Å². The number of carbonyl (C=O) groups excluding carboxylic acids is 1. The molecule has 0 aliphatic carbocycles. The van der Waals surface area contributed by atoms with Crippen LogP contribution in [0.25, 0.3) is 10.7 Å². The van der Waals surface area contributed by atoms with Gasteiger partial charge in [-0.3, -0.25) is 4.79 Å². The zero-order valence-electron chi connectivity index (χ0n) is 10.5. The lowest BCUT2D eigenvalue weighted by molar-refractivity contribution is -0.127. The van der Waals surface area contributed by atoms with Crippen LogP contribution in [-0.2, 0) is 11.2 Å². The lowest BCUT2D eigenvalue weighted by atomic mass is 10.3. The fraction of sp³-hybridized carbons (Fsp3) is 0.462. The second kappa shape index (κ2) is 5.52. The molecule has 0 unspecified atom stereocenters. The Kier molecular flexibility index (Phi) is 3.59. The number of likely N-dealkylation sites (tertiary alicyclic amines) is 1. The smallest absolute Gasteiger partial charge is 0.227 e. The number of aryl methyl sites for hydroxylation is 1. The van der Waals surface area contributed by atoms with E-state index < -0.39 is 0 Å². The summed E-state index contributed by atoms with van der Waals surface area (Å²) in [5.74, 6) is 1.57. The molecule has 1 aliphatic heterocycles. The molecule has 0 spiro atoms. The molecule has 19 heavy (non-hydrogen) atoms. The third-order valence-electron chi connectivity index (χ3n) is 3.20. The van der Waals surface area contributed by atoms with E-state index in [4.69, 9.17) is 4.52 Å². The van der Waals surface area contributed by atoms with Crippen LogP contribution in [0.15, 0.2) is 22.0 Å². The van der Waals surface area contributed by atoms with Crippen molar-refractivity contribution in [3.05, 3.63) is 23.4 Å². The molecule has 100 valence electrons. The van der Waals surface area contributed by atoms with Crippen LogP contribution >= 0.6 is 11.3 Å². The van der Waals surface area contributed by atoms with E-state index in [0.717, 1.165) is 37.2 Å². The Bertz CT molecular complexity index is 550. The van der Waals surface area contributed by atoms with Gasteiger partial charge in [0.2, 0.25) is 17.6 Å². The molecular weight excluding hydrogens is 262 g/mol. The molecule has 0 bridgehead atoms. The minimum Gasteiger partial charge on any atom is -0.343 e. The van der Waals surface area contributed by atoms with Gasteiger partial charge in [0.05, 0.1) is 4.88 Å². The van der Waals surface area contributed by atoms with Crippen molar-refractivity contribution >= 4 is 17.2 Å². The van der Waals surface area contributed by atoms with Gasteiger partial charge < -0.3 is 9.42 Å². The van der Waals surface area contributed by atoms with E-state index in [0.29, 0.717) is 18.1 Å². The average molecular weight is 277 g/mol. The van der Waals surface area contributed by atoms with Crippen LogP contribution in [-0.4, -0.2) is 34.0 Å². The molecule has 5 nitrogen and oxygen atoms in total. The molecule has 3 rings (SSSR count). The van der Waals surface area contributed by atoms with Gasteiger partial charge in [-0.1, -0.05) is 11.2 Å². The molecule has 2 aromatic heterocycles. The largest absolute Gasteiger partial charge is 0.343 e. The van der Waals surface area contributed by atoms with Gasteiger partial charge in [0.25, 0.3) is 0 Å². The van der Waals surface area contributed by atoms with Crippen molar-refractivity contribution in [2.75, 3.05) is 13.1 Å². The Morgan fingerprint density at radius 3 is 3.16 bits per heavy atom. The molecule has 0 aromatic carbocycles. The molecule has 0 radical (unpaired) electrons. The summed E-state index contributed by atoms with van der Waals surface area (Å²) in [6.07, 6.45) is 3.28. The molecule has 1 aliphatic rings. The van der Waals surface area contributed by atoms with Crippen molar-refractivity contribution in [1.82, 2.24) is 15.0 Å². The maximum absolute atomic E-state index is 11.5. The topological polar surface area (TPSA) is 59.2 Å². The van der Waals surface area contributed by atoms with E-state index in [1.54, 1.807) is 11.3 Å². The highest BCUT2D eigenvalue weighted by molar-refractivity contribution is 7.13. The zero-order chi connectivity index (χ0) is 13.1. The number of hydrogen-bond donors (Lipinski definition) is 0. The van der Waals surface area contributed by atoms with Crippen LogP contribution in [0.3, 0.4) is 0 Å². The number of carbonyl (C=O) groups is 1. The Balaban J connectivity index is 1.52. The van der Waals surface area contributed by atoms with E-state index in [1.165, 1.54) is 0 Å². The number of nitrogens with zero attached hydrogens (tertiary/aromatic N) is 3. The Hall–Kier alpha value is -1.69. The van der Waals surface area contributed by atoms with E-state index >= 15 is 0 Å². The fourth-order valence-corrected chi connectivity index (χ4v) is 2.87. The first-order valence-corrected chi connectivity index (χ1v) is 7.35. The van der Waals surface area contributed by atoms with Gasteiger partial charge in [-0.15, -0.1) is 11.3 Å². The summed E-state index contributed by atoms with van der Waals surface area (Å²) in [4.78, 5) is 18.7. The van der Waals surface area contributed by atoms with E-state index in [2.05, 4.69) is 10.1 Å². The van der Waals surface area contributed by atoms with Crippen LogP contribution in [0.1, 0.15) is 25.2 Å². The Labute approximate surface area is 115 Å². The van der Waals surface area contributed by atoms with Gasteiger partial charge in [-0.2, -0.15) is 4.98 Å². The first kappa shape index (κ1) is 12.3. The van der Waals surface area contributed by atoms with Crippen LogP contribution in [0, 0.1) is 0 Å². The van der Waals surface area contributed by atoms with Gasteiger partial charge in [-0.05, 0) is 24.3 Å². The SMILES string of the molecule is O=C1CCCN1CCCc1nc(-c2cccs2)no1. The lowest BCUT2D eigenvalue weighted by Crippen LogP contribution is -2.25. The van der Waals surface area contributed by atoms with Gasteiger partial charge in [0.15, 0.2) is 0 Å². The first-order valence-electron chi connectivity index (χ1n) is 6.47. The van der Waals surface area contributed by atoms with E-state index in [1.807, 2.05) is 22.4 Å². The summed E-state index contributed by atoms with van der Waals surface area (Å²) in [6, 6.07) is 3.94. The second-order valence-corrected chi connectivity index (χ2v) is 5.52. The molecule has 0 saturated carbocycles. The number of aromatic nitrogens is 2. The minimum absolute atomic E-state index is 0.268. The first-order chi connectivity index (χ1) is 9.33. The number of amides is 1. The van der Waals surface area contributed by atoms with Crippen LogP contribution in [0.4, 0.5) is 0 Å². The highest BCUT2D eigenvalue weighted by atomic mass is 32.1. The maximum Gasteiger partial charge on any atom is 0.227 e. The minimum atomic E-state index is 0.268. The van der Waals surface area contributed by atoms with Crippen molar-refractivity contribution in [3.63, 3.8) is 0 Å². The maximum atomic E-state index is 11.5. The summed E-state index contributed by atoms with van der Waals surface area (Å²) in [5.41, 5.74) is 0. The fourth-order valence-electron chi connectivity index (χ4n) is 2.22. The summed E-state index contributed by atoms with van der Waals surface area (Å²) in [7, 11) is 0. The second-order valence-electron chi connectivity index (χ2n) is 4.58. The van der Waals surface area contributed by atoms with E-state index in [9.17, 15) is 4.79 Å². The van der Waals surface area contributed by atoms with Crippen LogP contribution < -0.4 is 0 Å². The average Bonchev–Trinajstić information content (AvgIpc) is 3.11. The molecule has 0 atom stereocenters. The molecule has 0 N–H and O–H groups in total. The summed E-state index contributed by atoms with van der Waals surface area (Å²) < 4.78 is 5.22. The summed E-state index contributed by atoms with van der Waals surface area (Å²) in [5, 5.41) is 5.96. The van der Waals surface area contributed by atoms with Crippen molar-refractivity contribution < 1.29 is 9.32 Å². The van der Waals surface area contributed by atoms with Crippen LogP contribution in [0.5, 0.6) is 0 Å². The molecule has 1 fully saturated rings. The van der Waals surface area contributed by atoms with Crippen molar-refractivity contribution in [3.8, 4) is 10.7 Å². The highest BCUT2D eigenvalue weighted by Crippen LogP contribution is 2.21. The zero-order valence-corrected chi connectivity index (χ0v) is 11.4. The predicted molar refractivity (Wildman–Crippen MR) is 71.7 cm³/mol. The van der Waals surface area contributed by atoms with Gasteiger partial charge in [-0.25, -0.2) is 0 Å². The third kappa shape index (κ3) is 2.84. The molecule has 1 amide bonds.